The SMILES string of the molecule is CO[C@@H]1O[C@H]2CC[C@@H]3[C@H]2[C@@H]2[C@@H]4[C@H]5[C@H]6[C@H]7[C@@H](CC[C@H]7O[C@@H](OC)[C@]6(O)[C@@H]34)[C@H]5[C@@]12O. The minimum atomic E-state index is -0.913. The highest BCUT2D eigenvalue weighted by atomic mass is 16.7. The van der Waals surface area contributed by atoms with Crippen LogP contribution in [0.2, 0.25) is 0 Å². The Kier molecular flexibility index (Phi) is 2.74. The van der Waals surface area contributed by atoms with Crippen LogP contribution in [0.15, 0.2) is 0 Å². The van der Waals surface area contributed by atoms with Gasteiger partial charge in [-0.15, -0.1) is 0 Å². The second kappa shape index (κ2) is 4.66. The molecule has 6 heteroatoms. The summed E-state index contributed by atoms with van der Waals surface area (Å²) >= 11 is 0. The van der Waals surface area contributed by atoms with Crippen molar-refractivity contribution in [3.8, 4) is 0 Å². The Labute approximate surface area is 164 Å². The Morgan fingerprint density at radius 1 is 0.643 bits per heavy atom. The molecule has 0 spiro atoms. The van der Waals surface area contributed by atoms with Gasteiger partial charge in [0.15, 0.2) is 12.6 Å². The molecule has 0 unspecified atom stereocenters. The maximum atomic E-state index is 12.4. The van der Waals surface area contributed by atoms with Gasteiger partial charge in [0.1, 0.15) is 11.2 Å². The van der Waals surface area contributed by atoms with E-state index < -0.39 is 23.8 Å². The molecule has 2 heterocycles. The maximum absolute atomic E-state index is 12.4. The molecule has 8 rings (SSSR count). The zero-order valence-corrected chi connectivity index (χ0v) is 16.4. The average Bonchev–Trinajstić information content (AvgIpc) is 3.44. The lowest BCUT2D eigenvalue weighted by Gasteiger charge is -2.51. The first-order valence-corrected chi connectivity index (χ1v) is 11.4. The lowest BCUT2D eigenvalue weighted by Crippen LogP contribution is -2.62. The molecule has 6 saturated carbocycles. The predicted octanol–water partition coefficient (Wildman–Crippen LogP) is 0.995. The first-order valence-electron chi connectivity index (χ1n) is 11.4. The Morgan fingerprint density at radius 2 is 1.07 bits per heavy atom. The standard InChI is InChI=1S/C22H30O6/c1-25-19-21(23)15-7-4-6-10-12(7)18-13(15)14-16(22(18,24)20(26-2)28-10)8-3-5-9(27-19)11(8)17(14)21/h7-20,23-24H,3-6H2,1-2H3/t7-,8-,9-,10+,11+,12-,13-,14-,15+,16-,17-,18-,19-,20-,21+,22+/m1/s1. The summed E-state index contributed by atoms with van der Waals surface area (Å²) in [6.07, 6.45) is 3.41. The molecular formula is C22H30O6. The fourth-order valence-electron chi connectivity index (χ4n) is 11.3. The van der Waals surface area contributed by atoms with Crippen LogP contribution >= 0.6 is 0 Å². The molecule has 6 nitrogen and oxygen atoms in total. The van der Waals surface area contributed by atoms with Gasteiger partial charge in [-0.05, 0) is 73.0 Å². The van der Waals surface area contributed by atoms with E-state index in [1.807, 2.05) is 0 Å². The van der Waals surface area contributed by atoms with Gasteiger partial charge in [0.2, 0.25) is 0 Å². The monoisotopic (exact) mass is 390 g/mol. The lowest BCUT2D eigenvalue weighted by molar-refractivity contribution is -0.317. The number of hydrogen-bond acceptors (Lipinski definition) is 6. The highest BCUT2D eigenvalue weighted by Crippen LogP contribution is 2.84. The lowest BCUT2D eigenvalue weighted by atomic mass is 9.67. The van der Waals surface area contributed by atoms with Crippen LogP contribution in [0.1, 0.15) is 25.7 Å². The van der Waals surface area contributed by atoms with Crippen LogP contribution in [0.4, 0.5) is 0 Å². The second-order valence-electron chi connectivity index (χ2n) is 11.2. The van der Waals surface area contributed by atoms with Crippen LogP contribution in [0, 0.1) is 59.2 Å². The molecule has 0 aromatic rings. The molecule has 0 radical (unpaired) electrons. The molecule has 28 heavy (non-hydrogen) atoms. The summed E-state index contributed by atoms with van der Waals surface area (Å²) in [7, 11) is 3.38. The van der Waals surface area contributed by atoms with E-state index in [9.17, 15) is 10.2 Å². The summed E-state index contributed by atoms with van der Waals surface area (Å²) in [6, 6.07) is 0. The quantitative estimate of drug-likeness (QED) is 0.733. The minimum absolute atomic E-state index is 0.157. The predicted molar refractivity (Wildman–Crippen MR) is 94.6 cm³/mol. The molecule has 0 amide bonds. The summed E-state index contributed by atoms with van der Waals surface area (Å²) in [6.45, 7) is 0. The average molecular weight is 390 g/mol. The van der Waals surface area contributed by atoms with Crippen molar-refractivity contribution in [3.05, 3.63) is 0 Å². The Balaban J connectivity index is 1.41. The molecule has 16 atom stereocenters. The number of fused-ring (bicyclic) bond motifs is 4. The van der Waals surface area contributed by atoms with Gasteiger partial charge in [-0.25, -0.2) is 0 Å². The molecular weight excluding hydrogens is 360 g/mol. The van der Waals surface area contributed by atoms with Gasteiger partial charge in [0.25, 0.3) is 0 Å². The number of methoxy groups -OCH3 is 2. The first-order chi connectivity index (χ1) is 13.6. The van der Waals surface area contributed by atoms with E-state index in [0.29, 0.717) is 35.5 Å². The van der Waals surface area contributed by atoms with Gasteiger partial charge >= 0.3 is 0 Å². The van der Waals surface area contributed by atoms with Crippen LogP contribution < -0.4 is 0 Å². The van der Waals surface area contributed by atoms with Gasteiger partial charge in [0.05, 0.1) is 12.2 Å². The normalized spacial score (nSPS) is 74.1. The number of hydrogen-bond donors (Lipinski definition) is 2. The Morgan fingerprint density at radius 3 is 1.46 bits per heavy atom. The van der Waals surface area contributed by atoms with Crippen molar-refractivity contribution in [2.24, 2.45) is 59.2 Å². The molecule has 154 valence electrons. The van der Waals surface area contributed by atoms with Crippen LogP contribution in [0.25, 0.3) is 0 Å². The summed E-state index contributed by atoms with van der Waals surface area (Å²) in [4.78, 5) is 0. The third-order valence-corrected chi connectivity index (χ3v) is 11.2. The van der Waals surface area contributed by atoms with Crippen LogP contribution in [0.5, 0.6) is 0 Å². The third kappa shape index (κ3) is 1.31. The molecule has 2 aliphatic heterocycles. The molecule has 6 aliphatic carbocycles. The van der Waals surface area contributed by atoms with E-state index in [-0.39, 0.29) is 35.9 Å². The van der Waals surface area contributed by atoms with Crippen molar-refractivity contribution in [1.29, 1.82) is 0 Å². The number of ether oxygens (including phenoxy) is 4. The molecule has 0 bridgehead atoms. The fourth-order valence-corrected chi connectivity index (χ4v) is 11.3. The zero-order chi connectivity index (χ0) is 18.7. The van der Waals surface area contributed by atoms with E-state index in [0.717, 1.165) is 25.7 Å². The van der Waals surface area contributed by atoms with E-state index in [4.69, 9.17) is 18.9 Å². The van der Waals surface area contributed by atoms with Gasteiger partial charge in [0, 0.05) is 26.1 Å². The molecule has 8 fully saturated rings. The molecule has 2 saturated heterocycles. The molecule has 8 aliphatic rings. The third-order valence-electron chi connectivity index (χ3n) is 11.2. The summed E-state index contributed by atoms with van der Waals surface area (Å²) in [5.74, 6) is 2.90. The van der Waals surface area contributed by atoms with Crippen LogP contribution in [-0.4, -0.2) is 60.4 Å². The Hall–Kier alpha value is -0.240. The Bertz CT molecular complexity index is 697. The molecule has 0 aromatic heterocycles. The van der Waals surface area contributed by atoms with Gasteiger partial charge in [-0.2, -0.15) is 0 Å². The topological polar surface area (TPSA) is 77.4 Å². The van der Waals surface area contributed by atoms with Gasteiger partial charge < -0.3 is 29.2 Å². The van der Waals surface area contributed by atoms with E-state index >= 15 is 0 Å². The molecule has 2 N–H and O–H groups in total. The second-order valence-corrected chi connectivity index (χ2v) is 11.2. The van der Waals surface area contributed by atoms with Crippen molar-refractivity contribution in [2.75, 3.05) is 14.2 Å². The van der Waals surface area contributed by atoms with Crippen molar-refractivity contribution in [1.82, 2.24) is 0 Å². The molecule has 0 aromatic carbocycles. The van der Waals surface area contributed by atoms with Gasteiger partial charge in [-0.3, -0.25) is 0 Å². The largest absolute Gasteiger partial charge is 0.384 e. The maximum Gasteiger partial charge on any atom is 0.186 e. The number of rotatable bonds is 2. The van der Waals surface area contributed by atoms with Crippen molar-refractivity contribution in [2.45, 2.75) is 61.7 Å². The van der Waals surface area contributed by atoms with Crippen LogP contribution in [-0.2, 0) is 18.9 Å². The van der Waals surface area contributed by atoms with E-state index in [1.165, 1.54) is 0 Å². The number of aliphatic hydroxyl groups is 2. The van der Waals surface area contributed by atoms with Crippen molar-refractivity contribution >= 4 is 0 Å². The first kappa shape index (κ1) is 16.5. The summed E-state index contributed by atoms with van der Waals surface area (Å²) in [5, 5.41) is 24.7. The minimum Gasteiger partial charge on any atom is -0.384 e. The fraction of sp³-hybridized carbons (Fsp3) is 1.00. The zero-order valence-electron chi connectivity index (χ0n) is 16.4. The van der Waals surface area contributed by atoms with E-state index in [2.05, 4.69) is 0 Å². The van der Waals surface area contributed by atoms with E-state index in [1.54, 1.807) is 14.2 Å². The summed E-state index contributed by atoms with van der Waals surface area (Å²) < 4.78 is 24.6. The van der Waals surface area contributed by atoms with Crippen LogP contribution in [0.3, 0.4) is 0 Å². The summed E-state index contributed by atoms with van der Waals surface area (Å²) in [5.41, 5.74) is -1.83. The smallest absolute Gasteiger partial charge is 0.186 e. The van der Waals surface area contributed by atoms with Gasteiger partial charge in [-0.1, -0.05) is 0 Å². The van der Waals surface area contributed by atoms with Crippen molar-refractivity contribution in [3.63, 3.8) is 0 Å². The van der Waals surface area contributed by atoms with Crippen molar-refractivity contribution < 1.29 is 29.2 Å². The highest BCUT2D eigenvalue weighted by Gasteiger charge is 2.89. The highest BCUT2D eigenvalue weighted by molar-refractivity contribution is 5.35.